The lowest BCUT2D eigenvalue weighted by Gasteiger charge is -2.25. The summed E-state index contributed by atoms with van der Waals surface area (Å²) in [7, 11) is 0. The zero-order chi connectivity index (χ0) is 12.4. The van der Waals surface area contributed by atoms with Crippen LogP contribution in [0.3, 0.4) is 0 Å². The summed E-state index contributed by atoms with van der Waals surface area (Å²) in [5, 5.41) is 0. The van der Waals surface area contributed by atoms with Crippen molar-refractivity contribution in [1.82, 2.24) is 0 Å². The minimum Gasteiger partial charge on any atom is -0.486 e. The third-order valence-corrected chi connectivity index (χ3v) is 3.49. The average Bonchev–Trinajstić information content (AvgIpc) is 2.37. The molecule has 0 aliphatic carbocycles. The minimum atomic E-state index is 0.155. The van der Waals surface area contributed by atoms with E-state index >= 15 is 0 Å². The molecule has 0 aromatic heterocycles. The van der Waals surface area contributed by atoms with Crippen molar-refractivity contribution in [3.05, 3.63) is 21.7 Å². The number of carbonyl (C=O) groups is 1. The largest absolute Gasteiger partial charge is 0.486 e. The first-order chi connectivity index (χ1) is 8.19. The molecule has 0 bridgehead atoms. The van der Waals surface area contributed by atoms with Crippen molar-refractivity contribution in [2.75, 3.05) is 19.8 Å². The lowest BCUT2D eigenvalue weighted by Crippen LogP contribution is -2.20. The molecule has 0 radical (unpaired) electrons. The van der Waals surface area contributed by atoms with Gasteiger partial charge in [-0.15, -0.1) is 0 Å². The second-order valence-electron chi connectivity index (χ2n) is 3.97. The molecule has 5 heteroatoms. The fourth-order valence-electron chi connectivity index (χ4n) is 1.82. The number of hydrogen-bond donors (Lipinski definition) is 1. The van der Waals surface area contributed by atoms with Crippen LogP contribution in [0.5, 0.6) is 11.5 Å². The standard InChI is InChI=1S/C12H14BrNO3/c1-7(5-14)8-4-10(13)9(6-15)12-11(8)16-2-3-17-12/h4,6-7H,2-3,5,14H2,1H3. The molecule has 2 rings (SSSR count). The molecule has 1 aromatic rings. The highest BCUT2D eigenvalue weighted by Crippen LogP contribution is 2.43. The van der Waals surface area contributed by atoms with Gasteiger partial charge in [0.05, 0.1) is 5.56 Å². The summed E-state index contributed by atoms with van der Waals surface area (Å²) in [5.41, 5.74) is 7.14. The molecule has 0 amide bonds. The van der Waals surface area contributed by atoms with Crippen LogP contribution in [0.4, 0.5) is 0 Å². The van der Waals surface area contributed by atoms with E-state index in [2.05, 4.69) is 15.9 Å². The maximum absolute atomic E-state index is 11.1. The number of hydrogen-bond acceptors (Lipinski definition) is 4. The Hall–Kier alpha value is -1.07. The van der Waals surface area contributed by atoms with Crippen molar-refractivity contribution in [2.24, 2.45) is 5.73 Å². The molecule has 2 N–H and O–H groups in total. The molecule has 0 fully saturated rings. The number of nitrogens with two attached hydrogens (primary N) is 1. The van der Waals surface area contributed by atoms with Gasteiger partial charge < -0.3 is 15.2 Å². The fraction of sp³-hybridized carbons (Fsp3) is 0.417. The number of fused-ring (bicyclic) bond motifs is 1. The van der Waals surface area contributed by atoms with Crippen LogP contribution in [0.15, 0.2) is 10.5 Å². The zero-order valence-corrected chi connectivity index (χ0v) is 11.1. The summed E-state index contributed by atoms with van der Waals surface area (Å²) in [4.78, 5) is 11.1. The van der Waals surface area contributed by atoms with Crippen LogP contribution >= 0.6 is 15.9 Å². The molecule has 1 atom stereocenters. The highest BCUT2D eigenvalue weighted by Gasteiger charge is 2.24. The molecule has 0 spiro atoms. The predicted molar refractivity (Wildman–Crippen MR) is 68.0 cm³/mol. The monoisotopic (exact) mass is 299 g/mol. The van der Waals surface area contributed by atoms with Crippen molar-refractivity contribution in [3.8, 4) is 11.5 Å². The fourth-order valence-corrected chi connectivity index (χ4v) is 2.34. The van der Waals surface area contributed by atoms with Crippen LogP contribution in [-0.4, -0.2) is 26.0 Å². The number of aldehydes is 1. The summed E-state index contributed by atoms with van der Waals surface area (Å²) in [6.45, 7) is 3.49. The quantitative estimate of drug-likeness (QED) is 0.868. The zero-order valence-electron chi connectivity index (χ0n) is 9.53. The Morgan fingerprint density at radius 2 is 2.12 bits per heavy atom. The first kappa shape index (κ1) is 12.4. The Kier molecular flexibility index (Phi) is 3.69. The van der Waals surface area contributed by atoms with Gasteiger partial charge in [-0.25, -0.2) is 0 Å². The predicted octanol–water partition coefficient (Wildman–Crippen LogP) is 2.09. The van der Waals surface area contributed by atoms with Crippen molar-refractivity contribution in [1.29, 1.82) is 0 Å². The third-order valence-electron chi connectivity index (χ3n) is 2.83. The third kappa shape index (κ3) is 2.17. The van der Waals surface area contributed by atoms with Gasteiger partial charge in [0, 0.05) is 10.0 Å². The smallest absolute Gasteiger partial charge is 0.173 e. The van der Waals surface area contributed by atoms with E-state index in [0.717, 1.165) is 11.8 Å². The van der Waals surface area contributed by atoms with Gasteiger partial charge in [-0.3, -0.25) is 4.79 Å². The van der Waals surface area contributed by atoms with Gasteiger partial charge in [0.25, 0.3) is 0 Å². The Bertz CT molecular complexity index is 448. The molecular formula is C12H14BrNO3. The average molecular weight is 300 g/mol. The van der Waals surface area contributed by atoms with Gasteiger partial charge in [0.15, 0.2) is 17.8 Å². The van der Waals surface area contributed by atoms with Gasteiger partial charge >= 0.3 is 0 Å². The first-order valence-electron chi connectivity index (χ1n) is 5.46. The van der Waals surface area contributed by atoms with Crippen LogP contribution < -0.4 is 15.2 Å². The lowest BCUT2D eigenvalue weighted by atomic mass is 9.97. The second-order valence-corrected chi connectivity index (χ2v) is 4.83. The topological polar surface area (TPSA) is 61.6 Å². The van der Waals surface area contributed by atoms with Crippen LogP contribution in [0.25, 0.3) is 0 Å². The van der Waals surface area contributed by atoms with Gasteiger partial charge in [0.1, 0.15) is 13.2 Å². The number of rotatable bonds is 3. The number of ether oxygens (including phenoxy) is 2. The van der Waals surface area contributed by atoms with E-state index in [1.807, 2.05) is 13.0 Å². The Labute approximate surface area is 108 Å². The van der Waals surface area contributed by atoms with Gasteiger partial charge in [0.2, 0.25) is 0 Å². The first-order valence-corrected chi connectivity index (χ1v) is 6.25. The van der Waals surface area contributed by atoms with Crippen molar-refractivity contribution in [2.45, 2.75) is 12.8 Å². The normalized spacial score (nSPS) is 15.5. The Morgan fingerprint density at radius 1 is 1.47 bits per heavy atom. The molecule has 17 heavy (non-hydrogen) atoms. The van der Waals surface area contributed by atoms with Gasteiger partial charge in [-0.1, -0.05) is 6.92 Å². The van der Waals surface area contributed by atoms with Gasteiger partial charge in [-0.05, 0) is 34.5 Å². The van der Waals surface area contributed by atoms with E-state index in [1.165, 1.54) is 0 Å². The molecular weight excluding hydrogens is 286 g/mol. The number of carbonyl (C=O) groups excluding carboxylic acids is 1. The van der Waals surface area contributed by atoms with E-state index in [1.54, 1.807) is 0 Å². The van der Waals surface area contributed by atoms with Crippen LogP contribution in [-0.2, 0) is 0 Å². The second kappa shape index (κ2) is 5.06. The maximum atomic E-state index is 11.1. The highest BCUT2D eigenvalue weighted by molar-refractivity contribution is 9.10. The molecule has 0 saturated carbocycles. The number of benzene rings is 1. The Morgan fingerprint density at radius 3 is 2.71 bits per heavy atom. The van der Waals surface area contributed by atoms with Crippen LogP contribution in [0, 0.1) is 0 Å². The van der Waals surface area contributed by atoms with E-state index in [4.69, 9.17) is 15.2 Å². The lowest BCUT2D eigenvalue weighted by molar-refractivity contribution is 0.111. The van der Waals surface area contributed by atoms with Crippen molar-refractivity contribution >= 4 is 22.2 Å². The van der Waals surface area contributed by atoms with Crippen molar-refractivity contribution < 1.29 is 14.3 Å². The summed E-state index contributed by atoms with van der Waals surface area (Å²) in [6.07, 6.45) is 0.772. The summed E-state index contributed by atoms with van der Waals surface area (Å²) in [5.74, 6) is 1.33. The van der Waals surface area contributed by atoms with E-state index < -0.39 is 0 Å². The highest BCUT2D eigenvalue weighted by atomic mass is 79.9. The molecule has 1 unspecified atom stereocenters. The van der Waals surface area contributed by atoms with E-state index in [9.17, 15) is 4.79 Å². The summed E-state index contributed by atoms with van der Waals surface area (Å²) >= 11 is 3.38. The Balaban J connectivity index is 2.62. The van der Waals surface area contributed by atoms with Gasteiger partial charge in [-0.2, -0.15) is 0 Å². The van der Waals surface area contributed by atoms with Crippen molar-refractivity contribution in [3.63, 3.8) is 0 Å². The van der Waals surface area contributed by atoms with Crippen LogP contribution in [0.1, 0.15) is 28.8 Å². The maximum Gasteiger partial charge on any atom is 0.173 e. The molecule has 92 valence electrons. The molecule has 1 aromatic carbocycles. The molecule has 4 nitrogen and oxygen atoms in total. The molecule has 1 aliphatic heterocycles. The minimum absolute atomic E-state index is 0.155. The summed E-state index contributed by atoms with van der Waals surface area (Å²) in [6, 6.07) is 1.88. The molecule has 1 aliphatic rings. The van der Waals surface area contributed by atoms with Crippen LogP contribution in [0.2, 0.25) is 0 Å². The van der Waals surface area contributed by atoms with E-state index in [-0.39, 0.29) is 5.92 Å². The molecule has 1 heterocycles. The molecule has 0 saturated heterocycles. The van der Waals surface area contributed by atoms with E-state index in [0.29, 0.717) is 41.3 Å². The SMILES string of the molecule is CC(CN)c1cc(Br)c(C=O)c2c1OCCO2. The number of halogens is 1. The summed E-state index contributed by atoms with van der Waals surface area (Å²) < 4.78 is 11.9.